The Morgan fingerprint density at radius 3 is 1.06 bits per heavy atom. The standard InChI is InChI=1S/C44H24N2O4/c47-41-29-15-9-21-37(45-33-17-5-1-11-25(33)26-12-2-6-18-34(26)45)43(29)49-39-24-40-32(23-31(39)41)42(48)30-16-10-22-38(44(30)50-40)46-35-19-7-3-13-27(35)28-14-4-8-20-36(28)46/h1-24H. The molecule has 0 atom stereocenters. The van der Waals surface area contributed by atoms with E-state index in [4.69, 9.17) is 8.83 Å². The lowest BCUT2D eigenvalue weighted by Gasteiger charge is -2.12. The Balaban J connectivity index is 1.22. The van der Waals surface area contributed by atoms with Gasteiger partial charge in [0.1, 0.15) is 11.2 Å². The van der Waals surface area contributed by atoms with Crippen molar-refractivity contribution < 1.29 is 8.83 Å². The normalized spacial score (nSPS) is 12.2. The summed E-state index contributed by atoms with van der Waals surface area (Å²) in [5.41, 5.74) is 6.77. The molecule has 0 saturated carbocycles. The highest BCUT2D eigenvalue weighted by Gasteiger charge is 2.21. The summed E-state index contributed by atoms with van der Waals surface area (Å²) in [5.74, 6) is 0. The Bertz CT molecular complexity index is 3050. The molecular weight excluding hydrogens is 620 g/mol. The van der Waals surface area contributed by atoms with Crippen LogP contribution in [0.15, 0.2) is 164 Å². The van der Waals surface area contributed by atoms with E-state index in [1.165, 1.54) is 0 Å². The molecule has 0 aliphatic rings. The van der Waals surface area contributed by atoms with Crippen molar-refractivity contribution in [2.75, 3.05) is 0 Å². The van der Waals surface area contributed by atoms with E-state index in [9.17, 15) is 9.59 Å². The number of hydrogen-bond acceptors (Lipinski definition) is 4. The van der Waals surface area contributed by atoms with Crippen LogP contribution in [-0.4, -0.2) is 9.13 Å². The van der Waals surface area contributed by atoms with E-state index in [0.717, 1.165) is 55.0 Å². The van der Waals surface area contributed by atoms with E-state index in [-0.39, 0.29) is 10.9 Å². The second-order valence-electron chi connectivity index (χ2n) is 12.8. The molecule has 6 nitrogen and oxygen atoms in total. The summed E-state index contributed by atoms with van der Waals surface area (Å²) in [5, 5.41) is 5.99. The van der Waals surface area contributed by atoms with Gasteiger partial charge in [0.15, 0.2) is 11.2 Å². The maximum Gasteiger partial charge on any atom is 0.200 e. The molecule has 11 aromatic rings. The summed E-state index contributed by atoms with van der Waals surface area (Å²) in [6, 6.07) is 47.5. The zero-order chi connectivity index (χ0) is 33.1. The van der Waals surface area contributed by atoms with E-state index >= 15 is 0 Å². The summed E-state index contributed by atoms with van der Waals surface area (Å²) in [6.07, 6.45) is 0. The quantitative estimate of drug-likeness (QED) is 0.176. The molecular formula is C44H24N2O4. The highest BCUT2D eigenvalue weighted by atomic mass is 16.3. The number of para-hydroxylation sites is 6. The van der Waals surface area contributed by atoms with Gasteiger partial charge >= 0.3 is 0 Å². The van der Waals surface area contributed by atoms with E-state index in [0.29, 0.717) is 43.9 Å². The molecule has 0 radical (unpaired) electrons. The SMILES string of the molecule is O=c1c2cc3c(=O)c4cccc(-n5c6ccccc6c6ccccc65)c4oc3cc2oc2c(-n3c4ccccc4c4ccccc43)cccc12. The number of nitrogens with zero attached hydrogens (tertiary/aromatic N) is 2. The second-order valence-corrected chi connectivity index (χ2v) is 12.8. The third kappa shape index (κ3) is 3.51. The Hall–Kier alpha value is -6.92. The smallest absolute Gasteiger partial charge is 0.200 e. The lowest BCUT2D eigenvalue weighted by atomic mass is 10.1. The number of benzene rings is 7. The summed E-state index contributed by atoms with van der Waals surface area (Å²) in [6.45, 7) is 0. The van der Waals surface area contributed by atoms with Crippen LogP contribution in [0.3, 0.4) is 0 Å². The van der Waals surface area contributed by atoms with Crippen molar-refractivity contribution in [3.8, 4) is 11.4 Å². The Morgan fingerprint density at radius 2 is 0.680 bits per heavy atom. The van der Waals surface area contributed by atoms with Crippen molar-refractivity contribution in [2.45, 2.75) is 0 Å². The topological polar surface area (TPSA) is 70.3 Å². The lowest BCUT2D eigenvalue weighted by Crippen LogP contribution is -2.08. The molecule has 0 aliphatic carbocycles. The zero-order valence-electron chi connectivity index (χ0n) is 26.4. The van der Waals surface area contributed by atoms with Crippen LogP contribution < -0.4 is 10.9 Å². The molecule has 0 saturated heterocycles. The minimum absolute atomic E-state index is 0.204. The minimum atomic E-state index is -0.204. The molecule has 50 heavy (non-hydrogen) atoms. The molecule has 234 valence electrons. The Morgan fingerprint density at radius 1 is 0.340 bits per heavy atom. The van der Waals surface area contributed by atoms with Gasteiger partial charge in [0.05, 0.1) is 55.0 Å². The van der Waals surface area contributed by atoms with E-state index < -0.39 is 0 Å². The number of rotatable bonds is 2. The Kier molecular flexibility index (Phi) is 5.31. The zero-order valence-corrected chi connectivity index (χ0v) is 26.4. The van der Waals surface area contributed by atoms with Crippen molar-refractivity contribution in [3.63, 3.8) is 0 Å². The van der Waals surface area contributed by atoms with Gasteiger partial charge in [-0.3, -0.25) is 9.59 Å². The molecule has 11 rings (SSSR count). The Labute approximate surface area is 282 Å². The fraction of sp³-hybridized carbons (Fsp3) is 0. The summed E-state index contributed by atoms with van der Waals surface area (Å²) in [4.78, 5) is 28.4. The van der Waals surface area contributed by atoms with E-state index in [2.05, 4.69) is 57.7 Å². The maximum atomic E-state index is 14.2. The average molecular weight is 645 g/mol. The maximum absolute atomic E-state index is 14.2. The predicted octanol–water partition coefficient (Wildman–Crippen LogP) is 10.4. The van der Waals surface area contributed by atoms with Gasteiger partial charge in [-0.05, 0) is 54.6 Å². The van der Waals surface area contributed by atoms with Gasteiger partial charge < -0.3 is 18.0 Å². The van der Waals surface area contributed by atoms with Gasteiger partial charge in [-0.2, -0.15) is 0 Å². The fourth-order valence-corrected chi connectivity index (χ4v) is 7.93. The lowest BCUT2D eigenvalue weighted by molar-refractivity contribution is 0.644. The second kappa shape index (κ2) is 9.81. The van der Waals surface area contributed by atoms with Crippen LogP contribution >= 0.6 is 0 Å². The molecule has 0 bridgehead atoms. The summed E-state index contributed by atoms with van der Waals surface area (Å²) in [7, 11) is 0. The molecule has 6 heteroatoms. The molecule has 0 fully saturated rings. The first-order valence-electron chi connectivity index (χ1n) is 16.5. The summed E-state index contributed by atoms with van der Waals surface area (Å²) >= 11 is 0. The highest BCUT2D eigenvalue weighted by Crippen LogP contribution is 2.37. The van der Waals surface area contributed by atoms with Crippen LogP contribution in [0, 0.1) is 0 Å². The molecule has 0 spiro atoms. The molecule has 0 N–H and O–H groups in total. The largest absolute Gasteiger partial charge is 0.453 e. The summed E-state index contributed by atoms with van der Waals surface area (Å²) < 4.78 is 17.6. The van der Waals surface area contributed by atoms with Crippen LogP contribution in [0.1, 0.15) is 0 Å². The molecule has 0 amide bonds. The number of fused-ring (bicyclic) bond motifs is 10. The van der Waals surface area contributed by atoms with Gasteiger partial charge in [-0.1, -0.05) is 84.9 Å². The first-order chi connectivity index (χ1) is 24.7. The van der Waals surface area contributed by atoms with Gasteiger partial charge in [-0.25, -0.2) is 0 Å². The fourth-order valence-electron chi connectivity index (χ4n) is 7.93. The predicted molar refractivity (Wildman–Crippen MR) is 202 cm³/mol. The first-order valence-corrected chi connectivity index (χ1v) is 16.5. The third-order valence-electron chi connectivity index (χ3n) is 10.1. The minimum Gasteiger partial charge on any atom is -0.453 e. The van der Waals surface area contributed by atoms with Crippen molar-refractivity contribution in [3.05, 3.63) is 166 Å². The van der Waals surface area contributed by atoms with Crippen LogP contribution in [0.5, 0.6) is 0 Å². The van der Waals surface area contributed by atoms with Gasteiger partial charge in [0.2, 0.25) is 10.9 Å². The van der Waals surface area contributed by atoms with E-state index in [1.807, 2.05) is 72.8 Å². The van der Waals surface area contributed by atoms with Gasteiger partial charge in [0, 0.05) is 27.6 Å². The third-order valence-corrected chi connectivity index (χ3v) is 10.1. The van der Waals surface area contributed by atoms with Gasteiger partial charge in [-0.15, -0.1) is 0 Å². The number of hydrogen-bond donors (Lipinski definition) is 0. The van der Waals surface area contributed by atoms with Crippen LogP contribution in [-0.2, 0) is 0 Å². The van der Waals surface area contributed by atoms with Crippen LogP contribution in [0.4, 0.5) is 0 Å². The molecule has 0 unspecified atom stereocenters. The molecule has 0 aliphatic heterocycles. The van der Waals surface area contributed by atoms with Crippen molar-refractivity contribution >= 4 is 87.5 Å². The molecule has 4 aromatic heterocycles. The van der Waals surface area contributed by atoms with Crippen LogP contribution in [0.2, 0.25) is 0 Å². The molecule has 4 heterocycles. The average Bonchev–Trinajstić information content (AvgIpc) is 3.67. The van der Waals surface area contributed by atoms with Crippen LogP contribution in [0.25, 0.3) is 98.9 Å². The first kappa shape index (κ1) is 27.1. The monoisotopic (exact) mass is 644 g/mol. The van der Waals surface area contributed by atoms with Crippen molar-refractivity contribution in [1.29, 1.82) is 0 Å². The highest BCUT2D eigenvalue weighted by molar-refractivity contribution is 6.12. The molecule has 7 aromatic carbocycles. The van der Waals surface area contributed by atoms with Gasteiger partial charge in [0.25, 0.3) is 0 Å². The van der Waals surface area contributed by atoms with E-state index in [1.54, 1.807) is 24.3 Å². The number of aromatic nitrogens is 2. The van der Waals surface area contributed by atoms with Crippen molar-refractivity contribution in [2.24, 2.45) is 0 Å². The van der Waals surface area contributed by atoms with Crippen molar-refractivity contribution in [1.82, 2.24) is 9.13 Å².